The molecule has 2 amide bonds. The van der Waals surface area contributed by atoms with Gasteiger partial charge in [0.15, 0.2) is 5.75 Å². The number of hydrogen-bond acceptors (Lipinski definition) is 5. The number of ether oxygens (including phenoxy) is 2. The summed E-state index contributed by atoms with van der Waals surface area (Å²) in [6, 6.07) is 10.8. The molecule has 0 atom stereocenters. The van der Waals surface area contributed by atoms with Gasteiger partial charge in [0.2, 0.25) is 0 Å². The highest BCUT2D eigenvalue weighted by Crippen LogP contribution is 2.37. The molecule has 0 aliphatic carbocycles. The van der Waals surface area contributed by atoms with Gasteiger partial charge in [0.25, 0.3) is 11.1 Å². The van der Waals surface area contributed by atoms with Crippen molar-refractivity contribution in [2.24, 2.45) is 0 Å². The molecule has 2 aromatic rings. The second-order valence-corrected chi connectivity index (χ2v) is 7.82. The maximum absolute atomic E-state index is 12.6. The standard InChI is InChI=1S/C20H17Cl2NO4S/c1-12-4-3-5-14(8-12)27-7-6-23-19(24)17(28-20(23)25)11-13-9-15(21)18(26-2)16(22)10-13/h3-5,8-11H,6-7H2,1-2H3/b17-11-. The Morgan fingerprint density at radius 3 is 2.50 bits per heavy atom. The maximum Gasteiger partial charge on any atom is 0.293 e. The number of methoxy groups -OCH3 is 1. The van der Waals surface area contributed by atoms with Crippen molar-refractivity contribution in [2.75, 3.05) is 20.3 Å². The molecule has 0 unspecified atom stereocenters. The first-order valence-corrected chi connectivity index (χ1v) is 9.94. The second-order valence-electron chi connectivity index (χ2n) is 6.02. The van der Waals surface area contributed by atoms with E-state index in [1.54, 1.807) is 18.2 Å². The number of halogens is 2. The number of nitrogens with zero attached hydrogens (tertiary/aromatic N) is 1. The number of imide groups is 1. The summed E-state index contributed by atoms with van der Waals surface area (Å²) in [6.45, 7) is 2.35. The van der Waals surface area contributed by atoms with Gasteiger partial charge in [0, 0.05) is 0 Å². The Labute approximate surface area is 177 Å². The molecule has 0 aromatic heterocycles. The molecule has 1 aliphatic rings. The lowest BCUT2D eigenvalue weighted by molar-refractivity contribution is -0.123. The van der Waals surface area contributed by atoms with Gasteiger partial charge in [-0.1, -0.05) is 35.3 Å². The number of hydrogen-bond donors (Lipinski definition) is 0. The topological polar surface area (TPSA) is 55.8 Å². The number of carbonyl (C=O) groups excluding carboxylic acids is 2. The molecule has 0 N–H and O–H groups in total. The third-order valence-electron chi connectivity index (χ3n) is 3.97. The normalized spacial score (nSPS) is 15.4. The Hall–Kier alpha value is -2.15. The monoisotopic (exact) mass is 437 g/mol. The molecule has 28 heavy (non-hydrogen) atoms. The van der Waals surface area contributed by atoms with E-state index >= 15 is 0 Å². The van der Waals surface area contributed by atoms with Crippen LogP contribution in [0.2, 0.25) is 10.0 Å². The Balaban J connectivity index is 1.68. The zero-order valence-corrected chi connectivity index (χ0v) is 17.5. The van der Waals surface area contributed by atoms with E-state index in [1.165, 1.54) is 12.0 Å². The molecule has 1 fully saturated rings. The fourth-order valence-corrected chi connectivity index (χ4v) is 4.19. The van der Waals surface area contributed by atoms with Crippen molar-refractivity contribution in [1.29, 1.82) is 0 Å². The summed E-state index contributed by atoms with van der Waals surface area (Å²) in [4.78, 5) is 26.3. The molecule has 1 saturated heterocycles. The van der Waals surface area contributed by atoms with E-state index in [0.717, 1.165) is 17.3 Å². The van der Waals surface area contributed by atoms with Crippen molar-refractivity contribution < 1.29 is 19.1 Å². The van der Waals surface area contributed by atoms with Crippen LogP contribution in [-0.2, 0) is 4.79 Å². The summed E-state index contributed by atoms with van der Waals surface area (Å²) >= 11 is 13.1. The van der Waals surface area contributed by atoms with Gasteiger partial charge in [-0.05, 0) is 60.2 Å². The van der Waals surface area contributed by atoms with Crippen LogP contribution in [0.1, 0.15) is 11.1 Å². The zero-order chi connectivity index (χ0) is 20.3. The van der Waals surface area contributed by atoms with Gasteiger partial charge in [-0.2, -0.15) is 0 Å². The molecule has 1 aliphatic heterocycles. The van der Waals surface area contributed by atoms with Crippen LogP contribution in [0.3, 0.4) is 0 Å². The van der Waals surface area contributed by atoms with Gasteiger partial charge in [0.05, 0.1) is 28.6 Å². The van der Waals surface area contributed by atoms with Crippen molar-refractivity contribution in [2.45, 2.75) is 6.92 Å². The minimum atomic E-state index is -0.370. The predicted molar refractivity (Wildman–Crippen MR) is 112 cm³/mol. The predicted octanol–water partition coefficient (Wildman–Crippen LogP) is 5.43. The molecule has 0 radical (unpaired) electrons. The van der Waals surface area contributed by atoms with Crippen LogP contribution in [0.4, 0.5) is 4.79 Å². The molecule has 0 saturated carbocycles. The molecule has 146 valence electrons. The summed E-state index contributed by atoms with van der Waals surface area (Å²) < 4.78 is 10.7. The Morgan fingerprint density at radius 1 is 1.14 bits per heavy atom. The van der Waals surface area contributed by atoms with Gasteiger partial charge >= 0.3 is 0 Å². The summed E-state index contributed by atoms with van der Waals surface area (Å²) in [7, 11) is 1.47. The van der Waals surface area contributed by atoms with E-state index < -0.39 is 0 Å². The van der Waals surface area contributed by atoms with Gasteiger partial charge in [0.1, 0.15) is 12.4 Å². The van der Waals surface area contributed by atoms with Crippen molar-refractivity contribution in [3.8, 4) is 11.5 Å². The highest BCUT2D eigenvalue weighted by molar-refractivity contribution is 8.18. The lowest BCUT2D eigenvalue weighted by Crippen LogP contribution is -2.32. The lowest BCUT2D eigenvalue weighted by atomic mass is 10.2. The molecular formula is C20H17Cl2NO4S. The lowest BCUT2D eigenvalue weighted by Gasteiger charge is -2.13. The third kappa shape index (κ3) is 4.63. The highest BCUT2D eigenvalue weighted by atomic mass is 35.5. The van der Waals surface area contributed by atoms with E-state index in [-0.39, 0.29) is 24.3 Å². The van der Waals surface area contributed by atoms with Crippen molar-refractivity contribution in [1.82, 2.24) is 4.90 Å². The summed E-state index contributed by atoms with van der Waals surface area (Å²) in [5.74, 6) is 0.692. The smallest absolute Gasteiger partial charge is 0.293 e. The Bertz CT molecular complexity index is 938. The number of benzene rings is 2. The minimum Gasteiger partial charge on any atom is -0.494 e. The van der Waals surface area contributed by atoms with E-state index in [0.29, 0.717) is 32.0 Å². The maximum atomic E-state index is 12.6. The van der Waals surface area contributed by atoms with E-state index in [4.69, 9.17) is 32.7 Å². The molecule has 0 bridgehead atoms. The average Bonchev–Trinajstić information content (AvgIpc) is 2.89. The number of thioether (sulfide) groups is 1. The van der Waals surface area contributed by atoms with E-state index in [1.807, 2.05) is 31.2 Å². The molecule has 2 aromatic carbocycles. The van der Waals surface area contributed by atoms with Crippen LogP contribution in [0.25, 0.3) is 6.08 Å². The second kappa shape index (κ2) is 8.90. The van der Waals surface area contributed by atoms with E-state index in [2.05, 4.69) is 0 Å². The average molecular weight is 438 g/mol. The molecule has 8 heteroatoms. The minimum absolute atomic E-state index is 0.167. The molecule has 5 nitrogen and oxygen atoms in total. The van der Waals surface area contributed by atoms with Crippen LogP contribution in [0.5, 0.6) is 11.5 Å². The van der Waals surface area contributed by atoms with Crippen LogP contribution < -0.4 is 9.47 Å². The van der Waals surface area contributed by atoms with Crippen LogP contribution in [-0.4, -0.2) is 36.3 Å². The Morgan fingerprint density at radius 2 is 1.86 bits per heavy atom. The van der Waals surface area contributed by atoms with Gasteiger partial charge in [-0.15, -0.1) is 0 Å². The SMILES string of the molecule is COc1c(Cl)cc(/C=C2\SC(=O)N(CCOc3cccc(C)c3)C2=O)cc1Cl. The van der Waals surface area contributed by atoms with Crippen molar-refractivity contribution in [3.05, 3.63) is 62.5 Å². The zero-order valence-electron chi connectivity index (χ0n) is 15.2. The Kier molecular flexibility index (Phi) is 6.54. The van der Waals surface area contributed by atoms with Crippen LogP contribution in [0.15, 0.2) is 41.3 Å². The first-order chi connectivity index (χ1) is 13.4. The number of carbonyl (C=O) groups is 2. The summed E-state index contributed by atoms with van der Waals surface area (Å²) in [6.07, 6.45) is 1.59. The molecule has 0 spiro atoms. The number of rotatable bonds is 6. The summed E-state index contributed by atoms with van der Waals surface area (Å²) in [5, 5.41) is 0.314. The first kappa shape index (κ1) is 20.6. The van der Waals surface area contributed by atoms with Gasteiger partial charge in [-0.25, -0.2) is 0 Å². The van der Waals surface area contributed by atoms with Crippen LogP contribution >= 0.6 is 35.0 Å². The fraction of sp³-hybridized carbons (Fsp3) is 0.200. The third-order valence-corrected chi connectivity index (χ3v) is 5.44. The highest BCUT2D eigenvalue weighted by Gasteiger charge is 2.34. The largest absolute Gasteiger partial charge is 0.494 e. The van der Waals surface area contributed by atoms with Crippen LogP contribution in [0, 0.1) is 6.92 Å². The quantitative estimate of drug-likeness (QED) is 0.564. The molecular weight excluding hydrogens is 421 g/mol. The van der Waals surface area contributed by atoms with Crippen molar-refractivity contribution in [3.63, 3.8) is 0 Å². The van der Waals surface area contributed by atoms with Crippen molar-refractivity contribution >= 4 is 52.2 Å². The molecule has 1 heterocycles. The number of amides is 2. The first-order valence-electron chi connectivity index (χ1n) is 8.37. The van der Waals surface area contributed by atoms with Gasteiger partial charge < -0.3 is 9.47 Å². The van der Waals surface area contributed by atoms with E-state index in [9.17, 15) is 9.59 Å². The summed E-state index contributed by atoms with van der Waals surface area (Å²) in [5.41, 5.74) is 1.68. The number of aryl methyl sites for hydroxylation is 1. The van der Waals surface area contributed by atoms with Gasteiger partial charge in [-0.3, -0.25) is 14.5 Å². The molecule has 3 rings (SSSR count). The fourth-order valence-electron chi connectivity index (χ4n) is 2.66.